The average molecular weight is 648 g/mol. The predicted octanol–water partition coefficient (Wildman–Crippen LogP) is 4.60. The lowest BCUT2D eigenvalue weighted by Gasteiger charge is -2.33. The highest BCUT2D eigenvalue weighted by atomic mass is 32.2. The summed E-state index contributed by atoms with van der Waals surface area (Å²) in [5.41, 5.74) is 1.82. The highest BCUT2D eigenvalue weighted by Crippen LogP contribution is 2.32. The van der Waals surface area contributed by atoms with Crippen molar-refractivity contribution in [3.8, 4) is 0 Å². The molecule has 0 atom stereocenters. The fourth-order valence-corrected chi connectivity index (χ4v) is 6.97. The Morgan fingerprint density at radius 1 is 1.07 bits per heavy atom. The van der Waals surface area contributed by atoms with Crippen molar-refractivity contribution < 1.29 is 22.8 Å². The number of aromatic nitrogens is 2. The second-order valence-electron chi connectivity index (χ2n) is 11.6. The topological polar surface area (TPSA) is 130 Å². The molecule has 4 heterocycles. The minimum Gasteiger partial charge on any atom is -0.388 e. The van der Waals surface area contributed by atoms with Crippen molar-refractivity contribution in [2.75, 3.05) is 62.7 Å². The maximum atomic E-state index is 12.7. The monoisotopic (exact) mass is 647 g/mol. The zero-order valence-corrected chi connectivity index (χ0v) is 26.1. The van der Waals surface area contributed by atoms with E-state index in [-0.39, 0.29) is 36.7 Å². The van der Waals surface area contributed by atoms with Gasteiger partial charge in [0, 0.05) is 68.5 Å². The van der Waals surface area contributed by atoms with Gasteiger partial charge >= 0.3 is 12.2 Å². The summed E-state index contributed by atoms with van der Waals surface area (Å²) in [6.45, 7) is 5.14. The molecule has 2 aromatic rings. The number of alkyl halides is 3. The third-order valence-corrected chi connectivity index (χ3v) is 9.81. The standard InChI is InChI=1S/C30H40F3N9O2S/c1-35-25-17-21(3-4-24(25)27(34)42-15-9-26(43)39-29(42)44)20-5-11-40(12-6-20)10-2-16-45-41-13-7-23(8-14-41)38-28-36-18-22(19-37-28)30(31,32)33/h3-4,17-20,23,34-35H,2,5-16H2,1H3,(H,36,37,38)(H,39,43,44). The highest BCUT2D eigenvalue weighted by Gasteiger charge is 2.32. The molecule has 3 amide bonds. The molecule has 45 heavy (non-hydrogen) atoms. The lowest BCUT2D eigenvalue weighted by Crippen LogP contribution is -2.52. The number of likely N-dealkylation sites (tertiary alicyclic amines) is 1. The van der Waals surface area contributed by atoms with Gasteiger partial charge in [0.2, 0.25) is 11.9 Å². The van der Waals surface area contributed by atoms with E-state index in [0.29, 0.717) is 11.5 Å². The Morgan fingerprint density at radius 3 is 2.42 bits per heavy atom. The molecule has 3 fully saturated rings. The molecule has 0 bridgehead atoms. The Hall–Kier alpha value is -3.43. The Labute approximate surface area is 265 Å². The Bertz CT molecular complexity index is 1350. The fourth-order valence-electron chi connectivity index (χ4n) is 5.98. The second kappa shape index (κ2) is 14.8. The molecule has 0 spiro atoms. The van der Waals surface area contributed by atoms with E-state index >= 15 is 0 Å². The molecule has 3 aliphatic rings. The summed E-state index contributed by atoms with van der Waals surface area (Å²) in [6, 6.07) is 5.64. The first-order valence-corrected chi connectivity index (χ1v) is 16.3. The molecule has 3 saturated heterocycles. The van der Waals surface area contributed by atoms with Gasteiger partial charge < -0.3 is 15.5 Å². The number of hydrogen-bond donors (Lipinski definition) is 4. The number of nitrogens with zero attached hydrogens (tertiary/aromatic N) is 5. The lowest BCUT2D eigenvalue weighted by molar-refractivity contribution is -0.138. The summed E-state index contributed by atoms with van der Waals surface area (Å²) in [4.78, 5) is 35.2. The first-order chi connectivity index (χ1) is 21.6. The minimum atomic E-state index is -4.43. The van der Waals surface area contributed by atoms with Gasteiger partial charge in [0.1, 0.15) is 5.84 Å². The molecule has 1 aromatic carbocycles. The van der Waals surface area contributed by atoms with Crippen molar-refractivity contribution in [2.24, 2.45) is 0 Å². The fraction of sp³-hybridized carbons (Fsp3) is 0.567. The van der Waals surface area contributed by atoms with Crippen molar-refractivity contribution in [3.63, 3.8) is 0 Å². The van der Waals surface area contributed by atoms with Crippen LogP contribution in [-0.2, 0) is 11.0 Å². The highest BCUT2D eigenvalue weighted by molar-refractivity contribution is 7.97. The van der Waals surface area contributed by atoms with Gasteiger partial charge in [-0.05, 0) is 75.4 Å². The third kappa shape index (κ3) is 8.64. The van der Waals surface area contributed by atoms with E-state index in [4.69, 9.17) is 5.41 Å². The number of benzene rings is 1. The molecule has 15 heteroatoms. The number of amidine groups is 1. The number of piperidine rings is 2. The van der Waals surface area contributed by atoms with Crippen molar-refractivity contribution in [1.82, 2.24) is 29.4 Å². The summed E-state index contributed by atoms with van der Waals surface area (Å²) >= 11 is 1.87. The average Bonchev–Trinajstić information content (AvgIpc) is 3.03. The summed E-state index contributed by atoms with van der Waals surface area (Å²) in [6.07, 6.45) is 2.38. The number of carbonyl (C=O) groups excluding carboxylic acids is 2. The number of amides is 3. The zero-order chi connectivity index (χ0) is 32.0. The Morgan fingerprint density at radius 2 is 1.78 bits per heavy atom. The maximum Gasteiger partial charge on any atom is 0.419 e. The molecule has 0 unspecified atom stereocenters. The van der Waals surface area contributed by atoms with E-state index in [1.54, 1.807) is 0 Å². The van der Waals surface area contributed by atoms with Crippen LogP contribution in [-0.4, -0.2) is 100.0 Å². The normalized spacial score (nSPS) is 19.4. The van der Waals surface area contributed by atoms with E-state index in [0.717, 1.165) is 88.7 Å². The number of urea groups is 1. The number of nitrogens with one attached hydrogen (secondary N) is 4. The van der Waals surface area contributed by atoms with E-state index in [2.05, 4.69) is 47.3 Å². The van der Waals surface area contributed by atoms with Crippen LogP contribution in [0.1, 0.15) is 61.1 Å². The van der Waals surface area contributed by atoms with Crippen LogP contribution in [0.15, 0.2) is 30.6 Å². The van der Waals surface area contributed by atoms with Crippen LogP contribution >= 0.6 is 11.9 Å². The molecule has 3 aliphatic heterocycles. The van der Waals surface area contributed by atoms with Crippen LogP contribution in [0.25, 0.3) is 0 Å². The van der Waals surface area contributed by atoms with Crippen molar-refractivity contribution in [2.45, 2.75) is 56.7 Å². The van der Waals surface area contributed by atoms with Gasteiger partial charge in [-0.1, -0.05) is 18.0 Å². The molecule has 11 nitrogen and oxygen atoms in total. The molecule has 5 rings (SSSR count). The van der Waals surface area contributed by atoms with Crippen LogP contribution in [0.2, 0.25) is 0 Å². The van der Waals surface area contributed by atoms with Gasteiger partial charge in [-0.25, -0.2) is 14.8 Å². The van der Waals surface area contributed by atoms with Crippen molar-refractivity contribution in [3.05, 3.63) is 47.3 Å². The van der Waals surface area contributed by atoms with Gasteiger partial charge in [-0.15, -0.1) is 0 Å². The van der Waals surface area contributed by atoms with Gasteiger partial charge in [-0.2, -0.15) is 13.2 Å². The summed E-state index contributed by atoms with van der Waals surface area (Å²) in [7, 11) is 1.81. The van der Waals surface area contributed by atoms with E-state index in [1.165, 1.54) is 10.5 Å². The van der Waals surface area contributed by atoms with Crippen molar-refractivity contribution in [1.29, 1.82) is 5.41 Å². The number of anilines is 2. The van der Waals surface area contributed by atoms with E-state index in [1.807, 2.05) is 25.1 Å². The first-order valence-electron chi connectivity index (χ1n) is 15.4. The van der Waals surface area contributed by atoms with Gasteiger partial charge in [0.05, 0.1) is 5.56 Å². The molecule has 1 aromatic heterocycles. The maximum absolute atomic E-state index is 12.7. The van der Waals surface area contributed by atoms with Crippen LogP contribution in [0.3, 0.4) is 0 Å². The van der Waals surface area contributed by atoms with Crippen LogP contribution in [0, 0.1) is 5.41 Å². The summed E-state index contributed by atoms with van der Waals surface area (Å²) in [5.74, 6) is 1.48. The number of carbonyl (C=O) groups is 2. The smallest absolute Gasteiger partial charge is 0.388 e. The minimum absolute atomic E-state index is 0.0809. The van der Waals surface area contributed by atoms with Crippen molar-refractivity contribution >= 4 is 41.4 Å². The predicted molar refractivity (Wildman–Crippen MR) is 168 cm³/mol. The molecule has 0 radical (unpaired) electrons. The quantitative estimate of drug-likeness (QED) is 0.127. The molecule has 4 N–H and O–H groups in total. The van der Waals surface area contributed by atoms with Crippen LogP contribution in [0.5, 0.6) is 0 Å². The first kappa shape index (κ1) is 32.9. The third-order valence-electron chi connectivity index (χ3n) is 8.61. The molecular weight excluding hydrogens is 607 g/mol. The molecule has 0 saturated carbocycles. The number of hydrogen-bond acceptors (Lipinski definition) is 10. The van der Waals surface area contributed by atoms with Gasteiger partial charge in [0.15, 0.2) is 0 Å². The lowest BCUT2D eigenvalue weighted by atomic mass is 9.88. The Kier molecular flexibility index (Phi) is 10.8. The molecular formula is C30H40F3N9O2S. The zero-order valence-electron chi connectivity index (χ0n) is 25.3. The number of halogens is 3. The summed E-state index contributed by atoms with van der Waals surface area (Å²) in [5, 5.41) is 17.2. The van der Waals surface area contributed by atoms with E-state index < -0.39 is 17.8 Å². The molecule has 0 aliphatic carbocycles. The van der Waals surface area contributed by atoms with Crippen LogP contribution < -0.4 is 16.0 Å². The largest absolute Gasteiger partial charge is 0.419 e. The SMILES string of the molecule is CNc1cc(C2CCN(CCCSN3CCC(Nc4ncc(C(F)(F)F)cn4)CC3)CC2)ccc1C(=N)N1CCC(=O)NC1=O. The van der Waals surface area contributed by atoms with Gasteiger partial charge in [0.25, 0.3) is 0 Å². The second-order valence-corrected chi connectivity index (χ2v) is 12.8. The number of imide groups is 1. The molecule has 244 valence electrons. The Balaban J connectivity index is 0.990. The van der Waals surface area contributed by atoms with Crippen LogP contribution in [0.4, 0.5) is 29.6 Å². The van der Waals surface area contributed by atoms with Gasteiger partial charge in [-0.3, -0.25) is 24.7 Å². The summed E-state index contributed by atoms with van der Waals surface area (Å²) < 4.78 is 40.5. The number of rotatable bonds is 10. The van der Waals surface area contributed by atoms with E-state index in [9.17, 15) is 22.8 Å².